The van der Waals surface area contributed by atoms with E-state index in [1.165, 1.54) is 117 Å². The first-order chi connectivity index (χ1) is 19.0. The molecule has 0 aromatic heterocycles. The second kappa shape index (κ2) is 12.0. The summed E-state index contributed by atoms with van der Waals surface area (Å²) in [7, 11) is 5.25. The van der Waals surface area contributed by atoms with Crippen LogP contribution in [0.15, 0.2) is 60.7 Å². The van der Waals surface area contributed by atoms with Crippen molar-refractivity contribution in [2.24, 2.45) is 0 Å². The Hall–Kier alpha value is -1.72. The van der Waals surface area contributed by atoms with Crippen LogP contribution < -0.4 is 0 Å². The van der Waals surface area contributed by atoms with Gasteiger partial charge in [0.25, 0.3) is 0 Å². The predicted molar refractivity (Wildman–Crippen MR) is 162 cm³/mol. The SMILES string of the molecule is C[N+]1(CCCCC[N+]2(C)C3CCCC2CN(Cc2ccccc2)C3)C2CCCC1CN(Cc1ccccc1)C2. The van der Waals surface area contributed by atoms with Crippen molar-refractivity contribution in [1.82, 2.24) is 9.80 Å². The number of hydrogen-bond donors (Lipinski definition) is 0. The molecule has 4 heterocycles. The summed E-state index contributed by atoms with van der Waals surface area (Å²) in [4.78, 5) is 5.54. The summed E-state index contributed by atoms with van der Waals surface area (Å²) in [6, 6.07) is 25.6. The van der Waals surface area contributed by atoms with Gasteiger partial charge in [0.15, 0.2) is 0 Å². The maximum atomic E-state index is 2.77. The van der Waals surface area contributed by atoms with Crippen LogP contribution in [0.2, 0.25) is 0 Å². The van der Waals surface area contributed by atoms with Gasteiger partial charge in [0.2, 0.25) is 0 Å². The topological polar surface area (TPSA) is 6.48 Å². The smallest absolute Gasteiger partial charge is 0.102 e. The van der Waals surface area contributed by atoms with Crippen molar-refractivity contribution in [1.29, 1.82) is 0 Å². The Morgan fingerprint density at radius 3 is 1.26 bits per heavy atom. The summed E-state index contributed by atoms with van der Waals surface area (Å²) >= 11 is 0. The lowest BCUT2D eigenvalue weighted by Gasteiger charge is -2.57. The molecule has 0 N–H and O–H groups in total. The van der Waals surface area contributed by atoms with E-state index in [0.717, 1.165) is 37.3 Å². The quantitative estimate of drug-likeness (QED) is 0.278. The van der Waals surface area contributed by atoms with Gasteiger partial charge in [-0.3, -0.25) is 9.80 Å². The molecule has 4 heteroatoms. The predicted octanol–water partition coefficient (Wildman–Crippen LogP) is 5.92. The van der Waals surface area contributed by atoms with Crippen molar-refractivity contribution >= 4 is 0 Å². The van der Waals surface area contributed by atoms with Crippen LogP contribution in [0.3, 0.4) is 0 Å². The molecule has 4 aliphatic heterocycles. The Balaban J connectivity index is 0.984. The van der Waals surface area contributed by atoms with E-state index >= 15 is 0 Å². The van der Waals surface area contributed by atoms with Crippen molar-refractivity contribution in [3.63, 3.8) is 0 Å². The molecular formula is C35H54N4+2. The molecule has 4 nitrogen and oxygen atoms in total. The van der Waals surface area contributed by atoms with E-state index < -0.39 is 0 Å². The molecule has 4 aliphatic rings. The first-order valence-electron chi connectivity index (χ1n) is 16.3. The molecule has 4 fully saturated rings. The highest BCUT2D eigenvalue weighted by Crippen LogP contribution is 2.37. The fourth-order valence-electron chi connectivity index (χ4n) is 9.16. The van der Waals surface area contributed by atoms with Crippen molar-refractivity contribution in [3.05, 3.63) is 71.8 Å². The molecule has 0 saturated carbocycles. The molecule has 4 saturated heterocycles. The molecule has 0 amide bonds. The summed E-state index contributed by atoms with van der Waals surface area (Å²) in [5, 5.41) is 0. The van der Waals surface area contributed by atoms with Crippen molar-refractivity contribution in [2.45, 2.75) is 95.0 Å². The molecule has 2 aromatic rings. The standard InChI is InChI=1S/C35H54N4/c1-38(32-18-12-19-33(38)27-36(26-32)24-30-14-6-3-7-15-30)22-10-5-11-23-39(2)34-20-13-21-35(39)29-37(28-34)25-31-16-8-4-9-17-31/h3-4,6-9,14-17,32-35H,5,10-13,18-29H2,1-2H3/q+2. The number of quaternary nitrogens is 2. The van der Waals surface area contributed by atoms with E-state index in [1.54, 1.807) is 0 Å². The van der Waals surface area contributed by atoms with E-state index in [2.05, 4.69) is 84.6 Å². The average molecular weight is 531 g/mol. The van der Waals surface area contributed by atoms with Crippen molar-refractivity contribution in [3.8, 4) is 0 Å². The number of hydrogen-bond acceptors (Lipinski definition) is 2. The minimum Gasteiger partial charge on any atom is -0.319 e. The summed E-state index contributed by atoms with van der Waals surface area (Å²) in [5.41, 5.74) is 2.96. The lowest BCUT2D eigenvalue weighted by atomic mass is 9.87. The van der Waals surface area contributed by atoms with Gasteiger partial charge in [0.05, 0.1) is 53.4 Å². The van der Waals surface area contributed by atoms with Gasteiger partial charge in [-0.2, -0.15) is 0 Å². The Bertz CT molecular complexity index is 928. The zero-order chi connectivity index (χ0) is 26.7. The minimum absolute atomic E-state index is 0.836. The van der Waals surface area contributed by atoms with Gasteiger partial charge in [0.1, 0.15) is 24.2 Å². The molecule has 212 valence electrons. The molecule has 0 aliphatic carbocycles. The lowest BCUT2D eigenvalue weighted by molar-refractivity contribution is -0.968. The van der Waals surface area contributed by atoms with E-state index in [1.807, 2.05) is 0 Å². The van der Waals surface area contributed by atoms with E-state index in [-0.39, 0.29) is 0 Å². The van der Waals surface area contributed by atoms with Crippen LogP contribution in [-0.4, -0.2) is 96.3 Å². The first kappa shape index (κ1) is 27.4. The lowest BCUT2D eigenvalue weighted by Crippen LogP contribution is -2.70. The highest BCUT2D eigenvalue weighted by molar-refractivity contribution is 5.15. The number of piperazine rings is 2. The maximum absolute atomic E-state index is 2.77. The molecule has 4 unspecified atom stereocenters. The van der Waals surface area contributed by atoms with Crippen LogP contribution >= 0.6 is 0 Å². The van der Waals surface area contributed by atoms with Crippen LogP contribution in [0.25, 0.3) is 0 Å². The zero-order valence-electron chi connectivity index (χ0n) is 24.9. The molecular weight excluding hydrogens is 476 g/mol. The molecule has 2 aromatic carbocycles. The Morgan fingerprint density at radius 2 is 0.897 bits per heavy atom. The van der Waals surface area contributed by atoms with E-state index in [9.17, 15) is 0 Å². The van der Waals surface area contributed by atoms with Crippen molar-refractivity contribution < 1.29 is 8.97 Å². The van der Waals surface area contributed by atoms with Crippen LogP contribution in [0, 0.1) is 0 Å². The van der Waals surface area contributed by atoms with Gasteiger partial charge in [-0.1, -0.05) is 60.7 Å². The largest absolute Gasteiger partial charge is 0.319 e. The zero-order valence-corrected chi connectivity index (χ0v) is 24.9. The molecule has 39 heavy (non-hydrogen) atoms. The van der Waals surface area contributed by atoms with Gasteiger partial charge in [-0.15, -0.1) is 0 Å². The number of piperidine rings is 2. The molecule has 0 radical (unpaired) electrons. The third kappa shape index (κ3) is 6.00. The molecule has 6 rings (SSSR count). The summed E-state index contributed by atoms with van der Waals surface area (Å²) in [6.45, 7) is 10.2. The van der Waals surface area contributed by atoms with Gasteiger partial charge < -0.3 is 8.97 Å². The highest BCUT2D eigenvalue weighted by atomic mass is 15.5. The Kier molecular flexibility index (Phi) is 8.46. The van der Waals surface area contributed by atoms with Gasteiger partial charge in [-0.25, -0.2) is 0 Å². The highest BCUT2D eigenvalue weighted by Gasteiger charge is 2.49. The van der Waals surface area contributed by atoms with Crippen LogP contribution in [0.4, 0.5) is 0 Å². The third-order valence-electron chi connectivity index (χ3n) is 11.6. The molecule has 0 spiro atoms. The first-order valence-corrected chi connectivity index (χ1v) is 16.3. The monoisotopic (exact) mass is 530 g/mol. The van der Waals surface area contributed by atoms with Gasteiger partial charge in [-0.05, 0) is 43.2 Å². The van der Waals surface area contributed by atoms with Crippen molar-refractivity contribution in [2.75, 3.05) is 53.4 Å². The normalized spacial score (nSPS) is 35.1. The second-order valence-corrected chi connectivity index (χ2v) is 14.0. The van der Waals surface area contributed by atoms with Gasteiger partial charge >= 0.3 is 0 Å². The molecule has 4 atom stereocenters. The number of benzene rings is 2. The summed E-state index contributed by atoms with van der Waals surface area (Å²) in [6.07, 6.45) is 12.8. The third-order valence-corrected chi connectivity index (χ3v) is 11.6. The fourth-order valence-corrected chi connectivity index (χ4v) is 9.16. The van der Waals surface area contributed by atoms with E-state index in [0.29, 0.717) is 0 Å². The van der Waals surface area contributed by atoms with Crippen LogP contribution in [0.1, 0.15) is 68.9 Å². The number of rotatable bonds is 10. The van der Waals surface area contributed by atoms with Crippen LogP contribution in [0.5, 0.6) is 0 Å². The average Bonchev–Trinajstić information content (AvgIpc) is 2.91. The fraction of sp³-hybridized carbons (Fsp3) is 0.657. The van der Waals surface area contributed by atoms with Gasteiger partial charge in [0, 0.05) is 38.8 Å². The summed E-state index contributed by atoms with van der Waals surface area (Å²) < 4.78 is 2.72. The van der Waals surface area contributed by atoms with Crippen LogP contribution in [-0.2, 0) is 13.1 Å². The number of fused-ring (bicyclic) bond motifs is 4. The number of likely N-dealkylation sites (N-methyl/N-ethyl adjacent to an activating group) is 2. The van der Waals surface area contributed by atoms with E-state index in [4.69, 9.17) is 0 Å². The minimum atomic E-state index is 0.836. The number of unbranched alkanes of at least 4 members (excludes halogenated alkanes) is 2. The molecule has 4 bridgehead atoms. The Labute approximate surface area is 238 Å². The second-order valence-electron chi connectivity index (χ2n) is 14.0. The Morgan fingerprint density at radius 1 is 0.538 bits per heavy atom. The summed E-state index contributed by atoms with van der Waals surface area (Å²) in [5.74, 6) is 0. The number of nitrogens with zero attached hydrogens (tertiary/aromatic N) is 4. The number of likely N-dealkylation sites (tertiary alicyclic amines) is 2. The maximum Gasteiger partial charge on any atom is 0.102 e.